The molecule has 0 radical (unpaired) electrons. The molecule has 4 rings (SSSR count). The van der Waals surface area contributed by atoms with Crippen LogP contribution in [0.2, 0.25) is 0 Å². The molecule has 0 amide bonds. The second-order valence-electron chi connectivity index (χ2n) is 6.63. The molecule has 2 aromatic carbocycles. The van der Waals surface area contributed by atoms with E-state index in [0.29, 0.717) is 23.2 Å². The first-order valence-corrected chi connectivity index (χ1v) is 8.46. The van der Waals surface area contributed by atoms with E-state index in [1.807, 2.05) is 12.1 Å². The lowest BCUT2D eigenvalue weighted by atomic mass is 9.96. The predicted molar refractivity (Wildman–Crippen MR) is 98.7 cm³/mol. The van der Waals surface area contributed by atoms with Crippen molar-refractivity contribution in [2.45, 2.75) is 26.7 Å². The Morgan fingerprint density at radius 1 is 1.12 bits per heavy atom. The summed E-state index contributed by atoms with van der Waals surface area (Å²) in [5.41, 5.74) is 5.40. The second-order valence-corrected chi connectivity index (χ2v) is 6.63. The molecule has 4 heteroatoms. The van der Waals surface area contributed by atoms with Crippen molar-refractivity contribution in [3.05, 3.63) is 47.5 Å². The van der Waals surface area contributed by atoms with Crippen molar-refractivity contribution in [2.24, 2.45) is 0 Å². The third kappa shape index (κ3) is 2.58. The quantitative estimate of drug-likeness (QED) is 0.670. The summed E-state index contributed by atoms with van der Waals surface area (Å²) < 4.78 is 16.5. The van der Waals surface area contributed by atoms with Crippen LogP contribution < -0.4 is 14.2 Å². The van der Waals surface area contributed by atoms with Gasteiger partial charge in [-0.3, -0.25) is 0 Å². The number of nitrogens with zero attached hydrogens (tertiary/aromatic N) is 1. The van der Waals surface area contributed by atoms with Crippen LogP contribution >= 0.6 is 0 Å². The number of methoxy groups -OCH3 is 1. The number of pyridine rings is 1. The first kappa shape index (κ1) is 15.8. The molecule has 0 bridgehead atoms. The molecule has 4 nitrogen and oxygen atoms in total. The molecule has 1 aromatic heterocycles. The van der Waals surface area contributed by atoms with Crippen molar-refractivity contribution in [1.82, 2.24) is 4.98 Å². The molecule has 128 valence electrons. The first-order valence-electron chi connectivity index (χ1n) is 8.46. The van der Waals surface area contributed by atoms with E-state index in [-0.39, 0.29) is 6.79 Å². The van der Waals surface area contributed by atoms with Gasteiger partial charge < -0.3 is 14.2 Å². The van der Waals surface area contributed by atoms with Gasteiger partial charge in [0.05, 0.1) is 18.3 Å². The number of hydrogen-bond donors (Lipinski definition) is 0. The summed E-state index contributed by atoms with van der Waals surface area (Å²) >= 11 is 0. The summed E-state index contributed by atoms with van der Waals surface area (Å²) in [7, 11) is 1.64. The van der Waals surface area contributed by atoms with Crippen molar-refractivity contribution in [3.63, 3.8) is 0 Å². The lowest BCUT2D eigenvalue weighted by molar-refractivity contribution is 0.171. The van der Waals surface area contributed by atoms with Crippen molar-refractivity contribution in [1.29, 1.82) is 0 Å². The molecule has 0 unspecified atom stereocenters. The third-order valence-electron chi connectivity index (χ3n) is 4.65. The SMILES string of the molecule is COc1cc(-c2cc(C)c3cccc(C(C)C)c3n2)cc2c1OCO2. The Balaban J connectivity index is 1.95. The number of fused-ring (bicyclic) bond motifs is 2. The van der Waals surface area contributed by atoms with Gasteiger partial charge in [-0.25, -0.2) is 4.98 Å². The molecule has 0 N–H and O–H groups in total. The zero-order valence-electron chi connectivity index (χ0n) is 14.9. The Hall–Kier alpha value is -2.75. The molecule has 3 aromatic rings. The number of aryl methyl sites for hydroxylation is 1. The van der Waals surface area contributed by atoms with Crippen molar-refractivity contribution < 1.29 is 14.2 Å². The van der Waals surface area contributed by atoms with E-state index in [9.17, 15) is 0 Å². The van der Waals surface area contributed by atoms with Gasteiger partial charge in [0.25, 0.3) is 0 Å². The van der Waals surface area contributed by atoms with Gasteiger partial charge in [-0.1, -0.05) is 32.0 Å². The van der Waals surface area contributed by atoms with Gasteiger partial charge in [0.1, 0.15) is 0 Å². The second kappa shape index (κ2) is 5.96. The van der Waals surface area contributed by atoms with Crippen molar-refractivity contribution in [3.8, 4) is 28.5 Å². The van der Waals surface area contributed by atoms with Gasteiger partial charge in [-0.05, 0) is 42.2 Å². The van der Waals surface area contributed by atoms with Crippen molar-refractivity contribution >= 4 is 10.9 Å². The van der Waals surface area contributed by atoms with Crippen LogP contribution in [0.1, 0.15) is 30.9 Å². The monoisotopic (exact) mass is 335 g/mol. The lowest BCUT2D eigenvalue weighted by Gasteiger charge is -2.14. The fourth-order valence-electron chi connectivity index (χ4n) is 3.33. The minimum absolute atomic E-state index is 0.219. The van der Waals surface area contributed by atoms with Crippen LogP contribution in [0.25, 0.3) is 22.2 Å². The van der Waals surface area contributed by atoms with E-state index in [1.165, 1.54) is 16.5 Å². The zero-order valence-corrected chi connectivity index (χ0v) is 14.9. The van der Waals surface area contributed by atoms with Crippen LogP contribution in [0.3, 0.4) is 0 Å². The van der Waals surface area contributed by atoms with E-state index < -0.39 is 0 Å². The van der Waals surface area contributed by atoms with Gasteiger partial charge in [-0.2, -0.15) is 0 Å². The molecule has 0 spiro atoms. The Kier molecular flexibility index (Phi) is 3.75. The molecular formula is C21H21NO3. The standard InChI is InChI=1S/C21H21NO3/c1-12(2)15-6-5-7-16-13(3)8-17(22-20(15)16)14-9-18(23-4)21-19(10-14)24-11-25-21/h5-10,12H,11H2,1-4H3. The Morgan fingerprint density at radius 2 is 1.96 bits per heavy atom. The first-order chi connectivity index (χ1) is 12.1. The van der Waals surface area contributed by atoms with E-state index in [4.69, 9.17) is 19.2 Å². The van der Waals surface area contributed by atoms with Crippen LogP contribution in [0.15, 0.2) is 36.4 Å². The number of aromatic nitrogens is 1. The number of para-hydroxylation sites is 1. The number of hydrogen-bond acceptors (Lipinski definition) is 4. The molecule has 0 aliphatic carbocycles. The van der Waals surface area contributed by atoms with Crippen LogP contribution in [0.5, 0.6) is 17.2 Å². The van der Waals surface area contributed by atoms with Gasteiger partial charge in [-0.15, -0.1) is 0 Å². The maximum Gasteiger partial charge on any atom is 0.231 e. The molecular weight excluding hydrogens is 314 g/mol. The fourth-order valence-corrected chi connectivity index (χ4v) is 3.33. The van der Waals surface area contributed by atoms with E-state index in [2.05, 4.69) is 45.0 Å². The van der Waals surface area contributed by atoms with Gasteiger partial charge in [0, 0.05) is 10.9 Å². The molecule has 1 aliphatic heterocycles. The van der Waals surface area contributed by atoms with Gasteiger partial charge >= 0.3 is 0 Å². The lowest BCUT2D eigenvalue weighted by Crippen LogP contribution is -1.96. The summed E-state index contributed by atoms with van der Waals surface area (Å²) in [5, 5.41) is 1.20. The van der Waals surface area contributed by atoms with Gasteiger partial charge in [0.2, 0.25) is 12.5 Å². The highest BCUT2D eigenvalue weighted by molar-refractivity contribution is 5.88. The Bertz CT molecular complexity index is 963. The predicted octanol–water partition coefficient (Wildman–Crippen LogP) is 5.07. The molecule has 0 atom stereocenters. The summed E-state index contributed by atoms with van der Waals surface area (Å²) in [4.78, 5) is 4.98. The summed E-state index contributed by atoms with van der Waals surface area (Å²) in [6.07, 6.45) is 0. The van der Waals surface area contributed by atoms with E-state index >= 15 is 0 Å². The largest absolute Gasteiger partial charge is 0.493 e. The maximum atomic E-state index is 5.55. The normalized spacial score (nSPS) is 12.8. The van der Waals surface area contributed by atoms with Gasteiger partial charge in [0.15, 0.2) is 11.5 Å². The minimum Gasteiger partial charge on any atom is -0.493 e. The van der Waals surface area contributed by atoms with E-state index in [0.717, 1.165) is 16.8 Å². The van der Waals surface area contributed by atoms with Crippen LogP contribution in [0.4, 0.5) is 0 Å². The molecule has 2 heterocycles. The topological polar surface area (TPSA) is 40.6 Å². The molecule has 25 heavy (non-hydrogen) atoms. The van der Waals surface area contributed by atoms with Crippen LogP contribution in [-0.4, -0.2) is 18.9 Å². The molecule has 0 saturated heterocycles. The Labute approximate surface area is 147 Å². The summed E-state index contributed by atoms with van der Waals surface area (Å²) in [6.45, 7) is 6.74. The smallest absolute Gasteiger partial charge is 0.231 e. The average Bonchev–Trinajstić information content (AvgIpc) is 3.08. The minimum atomic E-state index is 0.219. The van der Waals surface area contributed by atoms with Crippen LogP contribution in [0, 0.1) is 6.92 Å². The fraction of sp³-hybridized carbons (Fsp3) is 0.286. The highest BCUT2D eigenvalue weighted by Gasteiger charge is 2.21. The van der Waals surface area contributed by atoms with Crippen LogP contribution in [-0.2, 0) is 0 Å². The Morgan fingerprint density at radius 3 is 2.72 bits per heavy atom. The number of benzene rings is 2. The highest BCUT2D eigenvalue weighted by Crippen LogP contribution is 2.44. The number of rotatable bonds is 3. The highest BCUT2D eigenvalue weighted by atomic mass is 16.7. The average molecular weight is 335 g/mol. The molecule has 1 aliphatic rings. The van der Waals surface area contributed by atoms with Crippen molar-refractivity contribution in [2.75, 3.05) is 13.9 Å². The summed E-state index contributed by atoms with van der Waals surface area (Å²) in [6, 6.07) is 12.4. The van der Waals surface area contributed by atoms with E-state index in [1.54, 1.807) is 7.11 Å². The molecule has 0 saturated carbocycles. The zero-order chi connectivity index (χ0) is 17.6. The maximum absolute atomic E-state index is 5.55. The number of ether oxygens (including phenoxy) is 3. The summed E-state index contributed by atoms with van der Waals surface area (Å²) in [5.74, 6) is 2.44. The molecule has 0 fully saturated rings. The third-order valence-corrected chi connectivity index (χ3v) is 4.65.